The van der Waals surface area contributed by atoms with E-state index in [0.717, 1.165) is 109 Å². The molecule has 0 aromatic carbocycles. The van der Waals surface area contributed by atoms with Crippen molar-refractivity contribution in [2.75, 3.05) is 47.5 Å². The molecule has 2 unspecified atom stereocenters. The Morgan fingerprint density at radius 1 is 0.378 bits per heavy atom. The molecule has 82 heavy (non-hydrogen) atoms. The maximum absolute atomic E-state index is 12.8. The Kier molecular flexibility index (Phi) is 58.8. The minimum atomic E-state index is -4.41. The number of unbranched alkanes of at least 4 members (excludes halogenated alkanes) is 23. The number of carbonyl (C=O) groups excluding carboxylic acids is 2. The van der Waals surface area contributed by atoms with E-state index in [1.165, 1.54) is 116 Å². The number of quaternary nitrogens is 1. The average molecular weight is 1160 g/mol. The Labute approximate surface area is 504 Å². The molecular formula is C72H123NO8P+. The number of phosphoric acid groups is 1. The molecular weight excluding hydrogens is 1040 g/mol. The summed E-state index contributed by atoms with van der Waals surface area (Å²) in [5.74, 6) is -0.837. The molecule has 0 radical (unpaired) electrons. The summed E-state index contributed by atoms with van der Waals surface area (Å²) < 4.78 is 34.6. The van der Waals surface area contributed by atoms with Gasteiger partial charge in [0.1, 0.15) is 19.8 Å². The fraction of sp³-hybridized carbons (Fsp3) is 0.667. The van der Waals surface area contributed by atoms with Gasteiger partial charge in [-0.25, -0.2) is 4.57 Å². The molecule has 0 saturated carbocycles. The van der Waals surface area contributed by atoms with E-state index >= 15 is 0 Å². The minimum absolute atomic E-state index is 0.0190. The van der Waals surface area contributed by atoms with Gasteiger partial charge in [-0.1, -0.05) is 270 Å². The molecule has 0 rings (SSSR count). The SMILES string of the molecule is CC/C=C\C/C=C\C/C=C\C/C=C\C/C=C\C/C=C\C/C=C\CCCCCC(=O)OC(COC(=O)CCCCCCCCCCCCCCCCCCCCCC/C=C\C/C=C\C/C=C\C/C=C\CC)COP(=O)(O)OCC[N+](C)(C)C. The summed E-state index contributed by atoms with van der Waals surface area (Å²) in [5.41, 5.74) is 0. The molecule has 9 nitrogen and oxygen atoms in total. The molecule has 0 spiro atoms. The molecule has 0 aromatic rings. The standard InChI is InChI=1S/C72H122NO8P/c1-6-8-10-12-14-16-18-20-22-24-26-28-30-32-33-34-35-36-37-38-39-41-42-44-46-48-50-52-54-56-58-60-62-64-71(74)78-68-70(69-80-82(76,77)79-67-66-73(3,4)5)81-72(75)65-63-61-59-57-55-53-51-49-47-45-43-40-31-29-27-25-23-21-19-17-15-13-11-9-7-2/h8-11,14-17,20-23,26-29,40,43,47,49,53,55,70H,6-7,12-13,18-19,24-25,30-39,41-42,44-46,48,50-52,54,56-69H2,1-5H3/p+1/b10-8-,11-9-,16-14-,17-15-,22-20-,23-21-,28-26-,29-27-,43-40-,49-47-,55-53-. The third-order valence-corrected chi connectivity index (χ3v) is 14.7. The van der Waals surface area contributed by atoms with Crippen molar-refractivity contribution in [1.29, 1.82) is 0 Å². The minimum Gasteiger partial charge on any atom is -0.462 e. The van der Waals surface area contributed by atoms with Gasteiger partial charge in [0.25, 0.3) is 0 Å². The zero-order valence-corrected chi connectivity index (χ0v) is 54.1. The summed E-state index contributed by atoms with van der Waals surface area (Å²) in [6.07, 6.45) is 89.8. The van der Waals surface area contributed by atoms with Crippen LogP contribution >= 0.6 is 7.82 Å². The van der Waals surface area contributed by atoms with Gasteiger partial charge in [0.05, 0.1) is 27.7 Å². The van der Waals surface area contributed by atoms with Crippen LogP contribution in [0.1, 0.15) is 258 Å². The summed E-state index contributed by atoms with van der Waals surface area (Å²) in [6.45, 7) is 4.17. The zero-order chi connectivity index (χ0) is 59.8. The number of likely N-dealkylation sites (N-methyl/N-ethyl adjacent to an activating group) is 1. The van der Waals surface area contributed by atoms with Crippen LogP contribution in [0.2, 0.25) is 0 Å². The molecule has 0 aliphatic heterocycles. The van der Waals surface area contributed by atoms with Crippen LogP contribution in [-0.4, -0.2) is 74.9 Å². The van der Waals surface area contributed by atoms with Crippen molar-refractivity contribution >= 4 is 19.8 Å². The van der Waals surface area contributed by atoms with E-state index in [1.54, 1.807) is 0 Å². The Morgan fingerprint density at radius 3 is 0.988 bits per heavy atom. The lowest BCUT2D eigenvalue weighted by molar-refractivity contribution is -0.870. The van der Waals surface area contributed by atoms with E-state index in [9.17, 15) is 19.0 Å². The third-order valence-electron chi connectivity index (χ3n) is 13.7. The number of hydrogen-bond acceptors (Lipinski definition) is 7. The predicted molar refractivity (Wildman–Crippen MR) is 353 cm³/mol. The molecule has 10 heteroatoms. The van der Waals surface area contributed by atoms with E-state index in [-0.39, 0.29) is 32.0 Å². The van der Waals surface area contributed by atoms with Crippen molar-refractivity contribution in [1.82, 2.24) is 0 Å². The molecule has 0 amide bonds. The average Bonchev–Trinajstić information content (AvgIpc) is 3.46. The van der Waals surface area contributed by atoms with Gasteiger partial charge in [0.15, 0.2) is 6.10 Å². The lowest BCUT2D eigenvalue weighted by Crippen LogP contribution is -2.37. The molecule has 0 fully saturated rings. The summed E-state index contributed by atoms with van der Waals surface area (Å²) in [7, 11) is 1.44. The highest BCUT2D eigenvalue weighted by molar-refractivity contribution is 7.47. The van der Waals surface area contributed by atoms with E-state index < -0.39 is 26.5 Å². The number of carbonyl (C=O) groups is 2. The fourth-order valence-corrected chi connectivity index (χ4v) is 9.44. The van der Waals surface area contributed by atoms with Gasteiger partial charge in [0.2, 0.25) is 0 Å². The van der Waals surface area contributed by atoms with Gasteiger partial charge in [-0.15, -0.1) is 0 Å². The van der Waals surface area contributed by atoms with Gasteiger partial charge < -0.3 is 18.9 Å². The molecule has 0 aromatic heterocycles. The second-order valence-electron chi connectivity index (χ2n) is 22.7. The molecule has 1 N–H and O–H groups in total. The first-order valence-corrected chi connectivity index (χ1v) is 34.4. The number of hydrogen-bond donors (Lipinski definition) is 1. The highest BCUT2D eigenvalue weighted by atomic mass is 31.2. The van der Waals surface area contributed by atoms with E-state index in [0.29, 0.717) is 17.4 Å². The number of allylic oxidation sites excluding steroid dienone is 22. The maximum Gasteiger partial charge on any atom is 0.472 e. The van der Waals surface area contributed by atoms with Crippen LogP contribution in [0.5, 0.6) is 0 Å². The van der Waals surface area contributed by atoms with Crippen LogP contribution in [0.15, 0.2) is 134 Å². The van der Waals surface area contributed by atoms with E-state index in [2.05, 4.69) is 148 Å². The number of rotatable bonds is 59. The van der Waals surface area contributed by atoms with E-state index in [4.69, 9.17) is 18.5 Å². The molecule has 0 aliphatic rings. The van der Waals surface area contributed by atoms with Gasteiger partial charge >= 0.3 is 19.8 Å². The maximum atomic E-state index is 12.8. The van der Waals surface area contributed by atoms with Gasteiger partial charge in [-0.05, 0) is 109 Å². The number of nitrogens with zero attached hydrogens (tertiary/aromatic N) is 1. The Morgan fingerprint density at radius 2 is 0.659 bits per heavy atom. The van der Waals surface area contributed by atoms with Crippen molar-refractivity contribution in [3.05, 3.63) is 134 Å². The Balaban J connectivity index is 4.12. The molecule has 0 bridgehead atoms. The zero-order valence-electron chi connectivity index (χ0n) is 53.2. The van der Waals surface area contributed by atoms with Crippen molar-refractivity contribution in [2.45, 2.75) is 264 Å². The van der Waals surface area contributed by atoms with Crippen molar-refractivity contribution in [2.24, 2.45) is 0 Å². The van der Waals surface area contributed by atoms with Crippen LogP contribution in [-0.2, 0) is 32.7 Å². The quantitative estimate of drug-likeness (QED) is 0.0211. The topological polar surface area (TPSA) is 108 Å². The third kappa shape index (κ3) is 65.3. The second-order valence-corrected chi connectivity index (χ2v) is 24.2. The highest BCUT2D eigenvalue weighted by Crippen LogP contribution is 2.43. The highest BCUT2D eigenvalue weighted by Gasteiger charge is 2.27. The van der Waals surface area contributed by atoms with Gasteiger partial charge in [0, 0.05) is 12.8 Å². The summed E-state index contributed by atoms with van der Waals surface area (Å²) in [4.78, 5) is 35.8. The Hall–Kier alpha value is -3.85. The molecule has 0 heterocycles. The van der Waals surface area contributed by atoms with Gasteiger partial charge in [-0.3, -0.25) is 18.6 Å². The molecule has 0 aliphatic carbocycles. The molecule has 468 valence electrons. The van der Waals surface area contributed by atoms with Crippen molar-refractivity contribution < 1.29 is 42.1 Å². The van der Waals surface area contributed by atoms with Gasteiger partial charge in [-0.2, -0.15) is 0 Å². The first-order chi connectivity index (χ1) is 40.0. The van der Waals surface area contributed by atoms with Crippen molar-refractivity contribution in [3.8, 4) is 0 Å². The molecule has 2 atom stereocenters. The van der Waals surface area contributed by atoms with Crippen LogP contribution in [0.3, 0.4) is 0 Å². The predicted octanol–water partition coefficient (Wildman–Crippen LogP) is 21.3. The summed E-state index contributed by atoms with van der Waals surface area (Å²) in [5, 5.41) is 0. The fourth-order valence-electron chi connectivity index (χ4n) is 8.69. The second kappa shape index (κ2) is 61.7. The monoisotopic (exact) mass is 1160 g/mol. The van der Waals surface area contributed by atoms with Crippen LogP contribution < -0.4 is 0 Å². The van der Waals surface area contributed by atoms with E-state index in [1.807, 2.05) is 21.1 Å². The van der Waals surface area contributed by atoms with Crippen LogP contribution in [0.25, 0.3) is 0 Å². The summed E-state index contributed by atoms with van der Waals surface area (Å²) in [6, 6.07) is 0. The van der Waals surface area contributed by atoms with Crippen molar-refractivity contribution in [3.63, 3.8) is 0 Å². The smallest absolute Gasteiger partial charge is 0.462 e. The first kappa shape index (κ1) is 78.1. The van der Waals surface area contributed by atoms with Crippen LogP contribution in [0.4, 0.5) is 0 Å². The van der Waals surface area contributed by atoms with Crippen LogP contribution in [0, 0.1) is 0 Å². The normalized spacial score (nSPS) is 14.1. The largest absolute Gasteiger partial charge is 0.472 e. The first-order valence-electron chi connectivity index (χ1n) is 32.9. The Bertz CT molecular complexity index is 1850. The number of esters is 2. The lowest BCUT2D eigenvalue weighted by Gasteiger charge is -2.24. The molecule has 0 saturated heterocycles. The summed E-state index contributed by atoms with van der Waals surface area (Å²) >= 11 is 0. The number of ether oxygens (including phenoxy) is 2. The lowest BCUT2D eigenvalue weighted by atomic mass is 10.0. The number of phosphoric ester groups is 1.